The van der Waals surface area contributed by atoms with Crippen LogP contribution in [0.5, 0.6) is 0 Å². The molecule has 0 aliphatic carbocycles. The van der Waals surface area contributed by atoms with Gasteiger partial charge in [0.1, 0.15) is 5.82 Å². The summed E-state index contributed by atoms with van der Waals surface area (Å²) >= 11 is 0. The van der Waals surface area contributed by atoms with E-state index in [2.05, 4.69) is 25.7 Å². The Morgan fingerprint density at radius 1 is 1.29 bits per heavy atom. The number of para-hydroxylation sites is 1. The molecule has 0 aliphatic rings. The molecule has 1 rings (SSSR count). The summed E-state index contributed by atoms with van der Waals surface area (Å²) in [6.07, 6.45) is 2.54. The number of hydrogen-bond donors (Lipinski definition) is 1. The number of ether oxygens (including phenoxy) is 1. The van der Waals surface area contributed by atoms with Crippen molar-refractivity contribution in [2.24, 2.45) is 5.73 Å². The highest BCUT2D eigenvalue weighted by Crippen LogP contribution is 2.28. The number of methoxy groups -OCH3 is 1. The van der Waals surface area contributed by atoms with Crippen LogP contribution in [0.3, 0.4) is 0 Å². The van der Waals surface area contributed by atoms with Crippen molar-refractivity contribution in [2.45, 2.75) is 52.1 Å². The maximum Gasteiger partial charge on any atom is 0.146 e. The second-order valence-electron chi connectivity index (χ2n) is 5.56. The molecule has 0 amide bonds. The number of benzene rings is 1. The van der Waals surface area contributed by atoms with Crippen LogP contribution in [0.1, 0.15) is 39.2 Å². The van der Waals surface area contributed by atoms with E-state index in [1.54, 1.807) is 13.2 Å². The minimum Gasteiger partial charge on any atom is -0.383 e. The molecule has 21 heavy (non-hydrogen) atoms. The van der Waals surface area contributed by atoms with Crippen LogP contribution in [0.25, 0.3) is 0 Å². The van der Waals surface area contributed by atoms with Gasteiger partial charge in [0.25, 0.3) is 0 Å². The number of rotatable bonds is 9. The molecule has 0 fully saturated rings. The Kier molecular flexibility index (Phi) is 7.68. The predicted molar refractivity (Wildman–Crippen MR) is 87.3 cm³/mol. The zero-order chi connectivity index (χ0) is 15.8. The minimum absolute atomic E-state index is 0.0618. The second-order valence-corrected chi connectivity index (χ2v) is 5.56. The van der Waals surface area contributed by atoms with Crippen LogP contribution < -0.4 is 10.6 Å². The molecule has 4 heteroatoms. The molecule has 0 aromatic heterocycles. The normalized spacial score (nSPS) is 14.0. The highest BCUT2D eigenvalue weighted by molar-refractivity contribution is 5.56. The second kappa shape index (κ2) is 9.00. The van der Waals surface area contributed by atoms with Gasteiger partial charge in [-0.3, -0.25) is 0 Å². The van der Waals surface area contributed by atoms with Crippen molar-refractivity contribution in [1.82, 2.24) is 0 Å². The zero-order valence-electron chi connectivity index (χ0n) is 13.7. The van der Waals surface area contributed by atoms with E-state index in [9.17, 15) is 4.39 Å². The predicted octanol–water partition coefficient (Wildman–Crippen LogP) is 3.36. The van der Waals surface area contributed by atoms with Gasteiger partial charge in [-0.1, -0.05) is 26.0 Å². The summed E-state index contributed by atoms with van der Waals surface area (Å²) in [6.45, 7) is 7.55. The summed E-state index contributed by atoms with van der Waals surface area (Å²) in [5.74, 6) is -0.174. The van der Waals surface area contributed by atoms with E-state index < -0.39 is 0 Å². The maximum atomic E-state index is 14.5. The van der Waals surface area contributed by atoms with Gasteiger partial charge >= 0.3 is 0 Å². The Labute approximate surface area is 128 Å². The molecular weight excluding hydrogens is 267 g/mol. The van der Waals surface area contributed by atoms with Gasteiger partial charge in [0.05, 0.1) is 12.3 Å². The molecule has 0 spiro atoms. The highest BCUT2D eigenvalue weighted by atomic mass is 19.1. The summed E-state index contributed by atoms with van der Waals surface area (Å²) in [6, 6.07) is 5.59. The lowest BCUT2D eigenvalue weighted by molar-refractivity contribution is 0.203. The minimum atomic E-state index is -0.174. The fourth-order valence-electron chi connectivity index (χ4n) is 2.44. The topological polar surface area (TPSA) is 38.5 Å². The number of halogens is 1. The van der Waals surface area contributed by atoms with Crippen molar-refractivity contribution in [3.05, 3.63) is 29.6 Å². The van der Waals surface area contributed by atoms with Crippen molar-refractivity contribution < 1.29 is 9.13 Å². The van der Waals surface area contributed by atoms with Gasteiger partial charge in [-0.15, -0.1) is 0 Å². The van der Waals surface area contributed by atoms with Gasteiger partial charge < -0.3 is 15.4 Å². The fourth-order valence-corrected chi connectivity index (χ4v) is 2.44. The van der Waals surface area contributed by atoms with Crippen molar-refractivity contribution in [1.29, 1.82) is 0 Å². The van der Waals surface area contributed by atoms with Crippen LogP contribution in [0, 0.1) is 5.82 Å². The molecule has 2 N–H and O–H groups in total. The van der Waals surface area contributed by atoms with Gasteiger partial charge in [0.2, 0.25) is 0 Å². The van der Waals surface area contributed by atoms with Crippen LogP contribution in [0.2, 0.25) is 0 Å². The Hall–Kier alpha value is -1.13. The molecule has 120 valence electrons. The third-order valence-electron chi connectivity index (χ3n) is 4.02. The fraction of sp³-hybridized carbons (Fsp3) is 0.647. The van der Waals surface area contributed by atoms with E-state index in [1.165, 1.54) is 6.07 Å². The first-order chi connectivity index (χ1) is 10.0. The highest BCUT2D eigenvalue weighted by Gasteiger charge is 2.20. The van der Waals surface area contributed by atoms with Crippen molar-refractivity contribution >= 4 is 5.69 Å². The lowest BCUT2D eigenvalue weighted by atomic mass is 10.0. The number of nitrogens with zero attached hydrogens (tertiary/aromatic N) is 1. The summed E-state index contributed by atoms with van der Waals surface area (Å²) in [5, 5.41) is 0. The van der Waals surface area contributed by atoms with E-state index in [1.807, 2.05) is 6.07 Å². The quantitative estimate of drug-likeness (QED) is 0.759. The average Bonchev–Trinajstić information content (AvgIpc) is 2.49. The molecule has 0 saturated carbocycles. The summed E-state index contributed by atoms with van der Waals surface area (Å²) in [5.41, 5.74) is 7.74. The third kappa shape index (κ3) is 4.97. The Balaban J connectivity index is 3.15. The molecule has 0 bridgehead atoms. The number of hydrogen-bond acceptors (Lipinski definition) is 3. The summed E-state index contributed by atoms with van der Waals surface area (Å²) in [4.78, 5) is 2.11. The Morgan fingerprint density at radius 2 is 2.00 bits per heavy atom. The lowest BCUT2D eigenvalue weighted by Crippen LogP contribution is -2.37. The van der Waals surface area contributed by atoms with Crippen molar-refractivity contribution in [2.75, 3.05) is 25.2 Å². The Morgan fingerprint density at radius 3 is 2.57 bits per heavy atom. The van der Waals surface area contributed by atoms with Gasteiger partial charge in [0, 0.05) is 25.7 Å². The first-order valence-electron chi connectivity index (χ1n) is 7.83. The molecule has 0 aliphatic heterocycles. The van der Waals surface area contributed by atoms with Gasteiger partial charge in [0.15, 0.2) is 0 Å². The first-order valence-corrected chi connectivity index (χ1v) is 7.83. The smallest absolute Gasteiger partial charge is 0.146 e. The molecule has 3 nitrogen and oxygen atoms in total. The molecule has 1 aromatic carbocycles. The number of nitrogens with two attached hydrogens (primary N) is 1. The Bertz CT molecular complexity index is 425. The van der Waals surface area contributed by atoms with Gasteiger partial charge in [-0.2, -0.15) is 0 Å². The van der Waals surface area contributed by atoms with Crippen molar-refractivity contribution in [3.8, 4) is 0 Å². The van der Waals surface area contributed by atoms with Gasteiger partial charge in [-0.05, 0) is 37.8 Å². The van der Waals surface area contributed by atoms with E-state index >= 15 is 0 Å². The number of anilines is 1. The van der Waals surface area contributed by atoms with Crippen LogP contribution in [0.4, 0.5) is 10.1 Å². The average molecular weight is 296 g/mol. The maximum absolute atomic E-state index is 14.5. The molecular formula is C17H29FN2O. The molecule has 0 heterocycles. The summed E-state index contributed by atoms with van der Waals surface area (Å²) in [7, 11) is 1.67. The van der Waals surface area contributed by atoms with Crippen LogP contribution in [0.15, 0.2) is 18.2 Å². The van der Waals surface area contributed by atoms with E-state index in [0.717, 1.165) is 18.4 Å². The van der Waals surface area contributed by atoms with Crippen LogP contribution in [-0.2, 0) is 11.2 Å². The van der Waals surface area contributed by atoms with E-state index in [-0.39, 0.29) is 17.9 Å². The standard InChI is InChI=1S/C17H29FN2O/c1-5-13(3)20(10-11-21-4)17-14(12-15(19)6-2)8-7-9-16(17)18/h7-9,13,15H,5-6,10-12,19H2,1-4H3. The SMILES string of the molecule is CCC(N)Cc1cccc(F)c1N(CCOC)C(C)CC. The molecule has 1 aromatic rings. The molecule has 2 atom stereocenters. The molecule has 0 saturated heterocycles. The van der Waals surface area contributed by atoms with E-state index in [0.29, 0.717) is 25.3 Å². The van der Waals surface area contributed by atoms with Crippen molar-refractivity contribution in [3.63, 3.8) is 0 Å². The molecule has 0 radical (unpaired) electrons. The monoisotopic (exact) mass is 296 g/mol. The lowest BCUT2D eigenvalue weighted by Gasteiger charge is -2.33. The zero-order valence-corrected chi connectivity index (χ0v) is 13.7. The van der Waals surface area contributed by atoms with Crippen LogP contribution in [-0.4, -0.2) is 32.3 Å². The molecule has 2 unspecified atom stereocenters. The first kappa shape index (κ1) is 17.9. The largest absolute Gasteiger partial charge is 0.383 e. The van der Waals surface area contributed by atoms with E-state index in [4.69, 9.17) is 10.5 Å². The van der Waals surface area contributed by atoms with Crippen LogP contribution >= 0.6 is 0 Å². The van der Waals surface area contributed by atoms with Gasteiger partial charge in [-0.25, -0.2) is 4.39 Å². The third-order valence-corrected chi connectivity index (χ3v) is 4.02. The summed E-state index contributed by atoms with van der Waals surface area (Å²) < 4.78 is 19.6.